The number of nitrogens with zero attached hydrogens (tertiary/aromatic N) is 2. The van der Waals surface area contributed by atoms with E-state index in [1.807, 2.05) is 6.92 Å². The summed E-state index contributed by atoms with van der Waals surface area (Å²) < 4.78 is 5.52. The maximum absolute atomic E-state index is 13.0. The van der Waals surface area contributed by atoms with Gasteiger partial charge in [0, 0.05) is 16.3 Å². The predicted octanol–water partition coefficient (Wildman–Crippen LogP) is 5.35. The molecule has 2 aromatic carbocycles. The van der Waals surface area contributed by atoms with E-state index in [-0.39, 0.29) is 10.7 Å². The summed E-state index contributed by atoms with van der Waals surface area (Å²) in [5.74, 6) is -1.37. The molecule has 9 heteroatoms. The highest BCUT2D eigenvalue weighted by molar-refractivity contribution is 7.98. The Morgan fingerprint density at radius 3 is 2.50 bits per heavy atom. The molecule has 1 heterocycles. The van der Waals surface area contributed by atoms with E-state index in [2.05, 4.69) is 15.3 Å². The summed E-state index contributed by atoms with van der Waals surface area (Å²) >= 11 is 13.5. The molecule has 0 aliphatic heterocycles. The predicted molar refractivity (Wildman–Crippen MR) is 118 cm³/mol. The first-order valence-corrected chi connectivity index (χ1v) is 10.8. The molecule has 0 saturated carbocycles. The summed E-state index contributed by atoms with van der Waals surface area (Å²) in [6, 6.07) is 13.8. The highest BCUT2D eigenvalue weighted by Crippen LogP contribution is 2.25. The number of carbonyl (C=O) groups excluding carboxylic acids is 2. The van der Waals surface area contributed by atoms with Gasteiger partial charge in [-0.3, -0.25) is 4.79 Å². The van der Waals surface area contributed by atoms with E-state index in [1.165, 1.54) is 18.0 Å². The van der Waals surface area contributed by atoms with Crippen molar-refractivity contribution in [1.29, 1.82) is 0 Å². The zero-order valence-corrected chi connectivity index (χ0v) is 18.4. The van der Waals surface area contributed by atoms with Crippen molar-refractivity contribution in [2.75, 3.05) is 11.6 Å². The Kier molecular flexibility index (Phi) is 7.31. The van der Waals surface area contributed by atoms with Crippen LogP contribution in [0.3, 0.4) is 0 Å². The Hall–Kier alpha value is -2.61. The van der Waals surface area contributed by atoms with Crippen molar-refractivity contribution < 1.29 is 14.3 Å². The Bertz CT molecular complexity index is 1080. The van der Waals surface area contributed by atoms with E-state index >= 15 is 0 Å². The molecule has 1 aromatic heterocycles. The number of hydrogen-bond acceptors (Lipinski definition) is 6. The second-order valence-corrected chi connectivity index (χ2v) is 7.79. The number of carbonyl (C=O) groups is 2. The smallest absolute Gasteiger partial charge is 0.359 e. The largest absolute Gasteiger partial charge is 0.443 e. The monoisotopic (exact) mass is 461 g/mol. The first-order valence-electron chi connectivity index (χ1n) is 8.78. The molecular weight excluding hydrogens is 445 g/mol. The van der Waals surface area contributed by atoms with Gasteiger partial charge in [0.1, 0.15) is 0 Å². The molecule has 3 rings (SSSR count). The van der Waals surface area contributed by atoms with Crippen LogP contribution >= 0.6 is 35.0 Å². The maximum atomic E-state index is 13.0. The van der Waals surface area contributed by atoms with Crippen LogP contribution in [0.4, 0.5) is 5.69 Å². The first kappa shape index (κ1) is 22.1. The number of ether oxygens (including phenoxy) is 1. The van der Waals surface area contributed by atoms with Crippen LogP contribution in [0.1, 0.15) is 27.7 Å². The van der Waals surface area contributed by atoms with Crippen molar-refractivity contribution in [2.45, 2.75) is 18.2 Å². The summed E-state index contributed by atoms with van der Waals surface area (Å²) in [7, 11) is 0. The number of thioether (sulfide) groups is 1. The third-order valence-corrected chi connectivity index (χ3v) is 5.35. The second kappa shape index (κ2) is 9.93. The van der Waals surface area contributed by atoms with E-state index in [0.717, 1.165) is 5.56 Å². The normalized spacial score (nSPS) is 11.6. The Balaban J connectivity index is 1.88. The minimum absolute atomic E-state index is 0.0373. The number of rotatable bonds is 6. The number of amides is 1. The molecule has 1 N–H and O–H groups in total. The van der Waals surface area contributed by atoms with Crippen LogP contribution in [0.15, 0.2) is 59.9 Å². The van der Waals surface area contributed by atoms with E-state index in [0.29, 0.717) is 21.4 Å². The fraction of sp³-hybridized carbons (Fsp3) is 0.143. The third-order valence-electron chi connectivity index (χ3n) is 4.10. The van der Waals surface area contributed by atoms with Crippen LogP contribution in [-0.4, -0.2) is 28.1 Å². The van der Waals surface area contributed by atoms with Crippen LogP contribution in [0, 0.1) is 6.92 Å². The van der Waals surface area contributed by atoms with Gasteiger partial charge in [-0.15, -0.1) is 0 Å². The van der Waals surface area contributed by atoms with Gasteiger partial charge in [0.15, 0.2) is 10.9 Å². The Morgan fingerprint density at radius 1 is 1.10 bits per heavy atom. The second-order valence-electron chi connectivity index (χ2n) is 6.20. The minimum atomic E-state index is -1.22. The number of esters is 1. The number of aryl methyl sites for hydroxylation is 1. The van der Waals surface area contributed by atoms with Crippen LogP contribution in [0.2, 0.25) is 10.0 Å². The van der Waals surface area contributed by atoms with Crippen molar-refractivity contribution in [1.82, 2.24) is 9.97 Å². The number of benzene rings is 2. The van der Waals surface area contributed by atoms with Gasteiger partial charge in [-0.05, 0) is 30.9 Å². The van der Waals surface area contributed by atoms with Crippen molar-refractivity contribution in [3.05, 3.63) is 81.6 Å². The number of aromatic nitrogens is 2. The van der Waals surface area contributed by atoms with Crippen molar-refractivity contribution >= 4 is 52.5 Å². The zero-order chi connectivity index (χ0) is 21.7. The lowest BCUT2D eigenvalue weighted by Crippen LogP contribution is -2.26. The number of anilines is 1. The molecule has 0 aliphatic rings. The summed E-state index contributed by atoms with van der Waals surface area (Å²) in [6.45, 7) is 1.86. The van der Waals surface area contributed by atoms with Crippen molar-refractivity contribution in [3.8, 4) is 0 Å². The van der Waals surface area contributed by atoms with Crippen LogP contribution in [-0.2, 0) is 9.53 Å². The molecule has 1 atom stereocenters. The molecule has 1 unspecified atom stereocenters. The van der Waals surface area contributed by atoms with Gasteiger partial charge in [0.05, 0.1) is 11.2 Å². The molecule has 3 aromatic rings. The molecule has 0 bridgehead atoms. The topological polar surface area (TPSA) is 81.2 Å². The van der Waals surface area contributed by atoms with Gasteiger partial charge in [0.2, 0.25) is 6.10 Å². The van der Waals surface area contributed by atoms with Crippen LogP contribution in [0.5, 0.6) is 0 Å². The summed E-state index contributed by atoms with van der Waals surface area (Å²) in [6.07, 6.45) is 1.87. The number of halogens is 2. The Labute approximate surface area is 188 Å². The standard InChI is InChI=1S/C21H17Cl2N3O3S/c1-12-8-9-14(10-15(12)22)25-19(27)18(13-6-4-3-5-7-13)29-20(28)17-16(23)11-24-21(26-17)30-2/h3-11,18H,1-2H3,(H,25,27). The average molecular weight is 462 g/mol. The molecule has 0 saturated heterocycles. The molecular formula is C21H17Cl2N3O3S. The lowest BCUT2D eigenvalue weighted by Gasteiger charge is -2.18. The fourth-order valence-corrected chi connectivity index (χ4v) is 3.22. The molecule has 0 spiro atoms. The molecule has 1 amide bonds. The van der Waals surface area contributed by atoms with Crippen molar-refractivity contribution in [2.24, 2.45) is 0 Å². The van der Waals surface area contributed by atoms with Gasteiger partial charge in [-0.25, -0.2) is 14.8 Å². The third kappa shape index (κ3) is 5.30. The van der Waals surface area contributed by atoms with Crippen molar-refractivity contribution in [3.63, 3.8) is 0 Å². The lowest BCUT2D eigenvalue weighted by molar-refractivity contribution is -0.125. The van der Waals surface area contributed by atoms with Gasteiger partial charge in [-0.1, -0.05) is 71.4 Å². The molecule has 0 aliphatic carbocycles. The zero-order valence-electron chi connectivity index (χ0n) is 16.1. The van der Waals surface area contributed by atoms with Gasteiger partial charge in [0.25, 0.3) is 5.91 Å². The summed E-state index contributed by atoms with van der Waals surface area (Å²) in [4.78, 5) is 33.9. The van der Waals surface area contributed by atoms with Gasteiger partial charge >= 0.3 is 5.97 Å². The molecule has 30 heavy (non-hydrogen) atoms. The quantitative estimate of drug-likeness (QED) is 0.302. The number of hydrogen-bond donors (Lipinski definition) is 1. The molecule has 0 radical (unpaired) electrons. The van der Waals surface area contributed by atoms with E-state index in [9.17, 15) is 9.59 Å². The maximum Gasteiger partial charge on any atom is 0.359 e. The Morgan fingerprint density at radius 2 is 1.83 bits per heavy atom. The highest BCUT2D eigenvalue weighted by atomic mass is 35.5. The van der Waals surface area contributed by atoms with Gasteiger partial charge in [-0.2, -0.15) is 0 Å². The van der Waals surface area contributed by atoms with E-state index < -0.39 is 18.0 Å². The van der Waals surface area contributed by atoms with Gasteiger partial charge < -0.3 is 10.1 Å². The average Bonchev–Trinajstić information content (AvgIpc) is 2.75. The van der Waals surface area contributed by atoms with Crippen LogP contribution < -0.4 is 5.32 Å². The lowest BCUT2D eigenvalue weighted by atomic mass is 10.1. The number of nitrogens with one attached hydrogen (secondary N) is 1. The SMILES string of the molecule is CSc1ncc(Cl)c(C(=O)OC(C(=O)Nc2ccc(C)c(Cl)c2)c2ccccc2)n1. The van der Waals surface area contributed by atoms with E-state index in [1.54, 1.807) is 54.8 Å². The summed E-state index contributed by atoms with van der Waals surface area (Å²) in [5, 5.41) is 3.64. The minimum Gasteiger partial charge on any atom is -0.443 e. The fourth-order valence-electron chi connectivity index (χ4n) is 2.53. The van der Waals surface area contributed by atoms with Crippen LogP contribution in [0.25, 0.3) is 0 Å². The first-order chi connectivity index (χ1) is 14.4. The molecule has 0 fully saturated rings. The summed E-state index contributed by atoms with van der Waals surface area (Å²) in [5.41, 5.74) is 1.75. The molecule has 6 nitrogen and oxygen atoms in total. The van der Waals surface area contributed by atoms with E-state index in [4.69, 9.17) is 27.9 Å². The highest BCUT2D eigenvalue weighted by Gasteiger charge is 2.28. The molecule has 154 valence electrons.